The highest BCUT2D eigenvalue weighted by Gasteiger charge is 2.31. The third-order valence-electron chi connectivity index (χ3n) is 3.11. The van der Waals surface area contributed by atoms with Crippen LogP contribution in [0.3, 0.4) is 0 Å². The summed E-state index contributed by atoms with van der Waals surface area (Å²) in [5, 5.41) is 3.08. The van der Waals surface area contributed by atoms with Crippen molar-refractivity contribution in [2.24, 2.45) is 5.73 Å². The SMILES string of the molecule is NC1CCCC1Nc1cccc(C(F)(F)F)c1. The Kier molecular flexibility index (Phi) is 3.28. The number of rotatable bonds is 2. The molecule has 0 aromatic heterocycles. The van der Waals surface area contributed by atoms with Crippen molar-refractivity contribution in [3.05, 3.63) is 29.8 Å². The van der Waals surface area contributed by atoms with Gasteiger partial charge in [0.25, 0.3) is 0 Å². The molecule has 1 aliphatic carbocycles. The van der Waals surface area contributed by atoms with E-state index in [1.54, 1.807) is 6.07 Å². The van der Waals surface area contributed by atoms with Crippen molar-refractivity contribution in [1.82, 2.24) is 0 Å². The summed E-state index contributed by atoms with van der Waals surface area (Å²) in [5.74, 6) is 0. The molecule has 1 aromatic rings. The number of hydrogen-bond donors (Lipinski definition) is 2. The first kappa shape index (κ1) is 12.2. The van der Waals surface area contributed by atoms with Gasteiger partial charge in [-0.25, -0.2) is 0 Å². The van der Waals surface area contributed by atoms with Crippen LogP contribution in [-0.4, -0.2) is 12.1 Å². The van der Waals surface area contributed by atoms with Crippen LogP contribution in [0.4, 0.5) is 18.9 Å². The molecular weight excluding hydrogens is 229 g/mol. The number of anilines is 1. The summed E-state index contributed by atoms with van der Waals surface area (Å²) in [6.07, 6.45) is -1.43. The first-order valence-corrected chi connectivity index (χ1v) is 5.66. The Bertz CT molecular complexity index is 390. The molecule has 0 radical (unpaired) electrons. The van der Waals surface area contributed by atoms with Gasteiger partial charge < -0.3 is 11.1 Å². The van der Waals surface area contributed by atoms with Gasteiger partial charge in [-0.1, -0.05) is 6.07 Å². The summed E-state index contributed by atoms with van der Waals surface area (Å²) in [4.78, 5) is 0. The van der Waals surface area contributed by atoms with Gasteiger partial charge in [0.15, 0.2) is 0 Å². The molecule has 5 heteroatoms. The largest absolute Gasteiger partial charge is 0.416 e. The Balaban J connectivity index is 2.11. The van der Waals surface area contributed by atoms with Gasteiger partial charge in [0.1, 0.15) is 0 Å². The van der Waals surface area contributed by atoms with Crippen LogP contribution in [0, 0.1) is 0 Å². The van der Waals surface area contributed by atoms with E-state index in [4.69, 9.17) is 5.73 Å². The molecule has 0 saturated heterocycles. The van der Waals surface area contributed by atoms with Crippen molar-refractivity contribution >= 4 is 5.69 Å². The lowest BCUT2D eigenvalue weighted by Crippen LogP contribution is -2.35. The van der Waals surface area contributed by atoms with Gasteiger partial charge in [-0.15, -0.1) is 0 Å². The fourth-order valence-corrected chi connectivity index (χ4v) is 2.17. The third-order valence-corrected chi connectivity index (χ3v) is 3.11. The predicted molar refractivity (Wildman–Crippen MR) is 60.7 cm³/mol. The Labute approximate surface area is 98.0 Å². The second kappa shape index (κ2) is 4.56. The highest BCUT2D eigenvalue weighted by atomic mass is 19.4. The van der Waals surface area contributed by atoms with E-state index >= 15 is 0 Å². The van der Waals surface area contributed by atoms with Crippen molar-refractivity contribution in [3.8, 4) is 0 Å². The molecular formula is C12H15F3N2. The van der Waals surface area contributed by atoms with Crippen LogP contribution in [-0.2, 0) is 6.18 Å². The second-order valence-corrected chi connectivity index (χ2v) is 4.42. The summed E-state index contributed by atoms with van der Waals surface area (Å²) in [6, 6.07) is 5.36. The lowest BCUT2D eigenvalue weighted by Gasteiger charge is -2.19. The normalized spacial score (nSPS) is 24.9. The van der Waals surface area contributed by atoms with Gasteiger partial charge in [-0.3, -0.25) is 0 Å². The molecule has 0 aliphatic heterocycles. The van der Waals surface area contributed by atoms with Gasteiger partial charge in [0, 0.05) is 17.8 Å². The lowest BCUT2D eigenvalue weighted by molar-refractivity contribution is -0.137. The predicted octanol–water partition coefficient (Wildman–Crippen LogP) is 3.00. The molecule has 0 amide bonds. The Morgan fingerprint density at radius 1 is 1.24 bits per heavy atom. The first-order chi connectivity index (χ1) is 7.97. The molecule has 17 heavy (non-hydrogen) atoms. The first-order valence-electron chi connectivity index (χ1n) is 5.66. The topological polar surface area (TPSA) is 38.0 Å². The number of benzene rings is 1. The van der Waals surface area contributed by atoms with Crippen LogP contribution in [0.15, 0.2) is 24.3 Å². The summed E-state index contributed by atoms with van der Waals surface area (Å²) in [6.45, 7) is 0. The van der Waals surface area contributed by atoms with E-state index in [0.717, 1.165) is 31.4 Å². The number of nitrogens with one attached hydrogen (secondary N) is 1. The zero-order valence-electron chi connectivity index (χ0n) is 9.30. The molecule has 0 heterocycles. The molecule has 94 valence electrons. The number of nitrogens with two attached hydrogens (primary N) is 1. The van der Waals surface area contributed by atoms with E-state index in [0.29, 0.717) is 5.69 Å². The average Bonchev–Trinajstić information content (AvgIpc) is 2.64. The van der Waals surface area contributed by atoms with Crippen molar-refractivity contribution in [2.75, 3.05) is 5.32 Å². The zero-order chi connectivity index (χ0) is 12.5. The van der Waals surface area contributed by atoms with E-state index in [9.17, 15) is 13.2 Å². The minimum Gasteiger partial charge on any atom is -0.381 e. The maximum atomic E-state index is 12.5. The monoisotopic (exact) mass is 244 g/mol. The van der Waals surface area contributed by atoms with Crippen LogP contribution in [0.5, 0.6) is 0 Å². The average molecular weight is 244 g/mol. The fourth-order valence-electron chi connectivity index (χ4n) is 2.17. The smallest absolute Gasteiger partial charge is 0.381 e. The van der Waals surface area contributed by atoms with E-state index in [2.05, 4.69) is 5.32 Å². The number of halogens is 3. The molecule has 0 bridgehead atoms. The number of alkyl halides is 3. The highest BCUT2D eigenvalue weighted by Crippen LogP contribution is 2.31. The Morgan fingerprint density at radius 3 is 2.59 bits per heavy atom. The quantitative estimate of drug-likeness (QED) is 0.839. The maximum absolute atomic E-state index is 12.5. The highest BCUT2D eigenvalue weighted by molar-refractivity contribution is 5.47. The molecule has 3 N–H and O–H groups in total. The van der Waals surface area contributed by atoms with Crippen LogP contribution in [0.1, 0.15) is 24.8 Å². The summed E-state index contributed by atoms with van der Waals surface area (Å²) >= 11 is 0. The van der Waals surface area contributed by atoms with Gasteiger partial charge in [-0.2, -0.15) is 13.2 Å². The fraction of sp³-hybridized carbons (Fsp3) is 0.500. The molecule has 1 fully saturated rings. The maximum Gasteiger partial charge on any atom is 0.416 e. The third kappa shape index (κ3) is 2.91. The van der Waals surface area contributed by atoms with Crippen molar-refractivity contribution < 1.29 is 13.2 Å². The van der Waals surface area contributed by atoms with Crippen LogP contribution >= 0.6 is 0 Å². The molecule has 0 spiro atoms. The Morgan fingerprint density at radius 2 is 2.00 bits per heavy atom. The molecule has 2 rings (SSSR count). The molecule has 2 unspecified atom stereocenters. The van der Waals surface area contributed by atoms with Gasteiger partial charge >= 0.3 is 6.18 Å². The second-order valence-electron chi connectivity index (χ2n) is 4.42. The van der Waals surface area contributed by atoms with E-state index in [1.165, 1.54) is 6.07 Å². The summed E-state index contributed by atoms with van der Waals surface area (Å²) < 4.78 is 37.5. The van der Waals surface area contributed by atoms with Crippen LogP contribution < -0.4 is 11.1 Å². The van der Waals surface area contributed by atoms with Crippen LogP contribution in [0.25, 0.3) is 0 Å². The minimum absolute atomic E-state index is 0.0320. The lowest BCUT2D eigenvalue weighted by atomic mass is 10.1. The molecule has 1 aliphatic rings. The molecule has 1 aromatic carbocycles. The van der Waals surface area contributed by atoms with E-state index in [1.807, 2.05) is 0 Å². The van der Waals surface area contributed by atoms with Crippen molar-refractivity contribution in [2.45, 2.75) is 37.5 Å². The standard InChI is InChI=1S/C12H15F3N2/c13-12(14,15)8-3-1-4-9(7-8)17-11-6-2-5-10(11)16/h1,3-4,7,10-11,17H,2,5-6,16H2. The van der Waals surface area contributed by atoms with Crippen molar-refractivity contribution in [3.63, 3.8) is 0 Å². The minimum atomic E-state index is -4.30. The molecule has 2 nitrogen and oxygen atoms in total. The molecule has 2 atom stereocenters. The van der Waals surface area contributed by atoms with E-state index in [-0.39, 0.29) is 12.1 Å². The zero-order valence-corrected chi connectivity index (χ0v) is 9.30. The van der Waals surface area contributed by atoms with Gasteiger partial charge in [0.05, 0.1) is 5.56 Å². The van der Waals surface area contributed by atoms with E-state index < -0.39 is 11.7 Å². The molecule has 1 saturated carbocycles. The van der Waals surface area contributed by atoms with Crippen LogP contribution in [0.2, 0.25) is 0 Å². The summed E-state index contributed by atoms with van der Waals surface area (Å²) in [7, 11) is 0. The number of hydrogen-bond acceptors (Lipinski definition) is 2. The summed E-state index contributed by atoms with van der Waals surface area (Å²) in [5.41, 5.74) is 5.72. The Hall–Kier alpha value is -1.23. The van der Waals surface area contributed by atoms with Gasteiger partial charge in [-0.05, 0) is 37.5 Å². The van der Waals surface area contributed by atoms with Crippen molar-refractivity contribution in [1.29, 1.82) is 0 Å². The van der Waals surface area contributed by atoms with Gasteiger partial charge in [0.2, 0.25) is 0 Å².